The Hall–Kier alpha value is -1.51. The highest BCUT2D eigenvalue weighted by Gasteiger charge is 2.09. The molecule has 3 nitrogen and oxygen atoms in total. The summed E-state index contributed by atoms with van der Waals surface area (Å²) in [4.78, 5) is 13.4. The van der Waals surface area contributed by atoms with E-state index in [-0.39, 0.29) is 5.91 Å². The normalized spacial score (nSPS) is 10.6. The fraction of sp³-hybridized carbons (Fsp3) is 0.562. The van der Waals surface area contributed by atoms with Crippen molar-refractivity contribution in [2.24, 2.45) is 0 Å². The first-order valence-electron chi connectivity index (χ1n) is 7.16. The lowest BCUT2D eigenvalue weighted by Gasteiger charge is -2.19. The van der Waals surface area contributed by atoms with Crippen molar-refractivity contribution in [2.45, 2.75) is 45.6 Å². The lowest BCUT2D eigenvalue weighted by atomic mass is 10.1. The number of benzene rings is 1. The first kappa shape index (κ1) is 15.5. The van der Waals surface area contributed by atoms with Gasteiger partial charge >= 0.3 is 0 Å². The van der Waals surface area contributed by atoms with E-state index in [0.29, 0.717) is 6.04 Å². The summed E-state index contributed by atoms with van der Waals surface area (Å²) in [5.41, 5.74) is 1.83. The zero-order valence-electron chi connectivity index (χ0n) is 12.6. The van der Waals surface area contributed by atoms with Gasteiger partial charge in [0.15, 0.2) is 0 Å². The largest absolute Gasteiger partial charge is 0.382 e. The topological polar surface area (TPSA) is 32.3 Å². The SMILES string of the molecule is CCCC(CCC)Nc1ccc(C(=O)N(C)C)cc1. The minimum absolute atomic E-state index is 0.0465. The maximum Gasteiger partial charge on any atom is 0.253 e. The average Bonchev–Trinajstić information content (AvgIpc) is 2.39. The van der Waals surface area contributed by atoms with Crippen molar-refractivity contribution in [1.82, 2.24) is 4.90 Å². The van der Waals surface area contributed by atoms with Crippen molar-refractivity contribution in [1.29, 1.82) is 0 Å². The second-order valence-electron chi connectivity index (χ2n) is 5.20. The third-order valence-electron chi connectivity index (χ3n) is 3.18. The number of hydrogen-bond acceptors (Lipinski definition) is 2. The Morgan fingerprint density at radius 3 is 2.05 bits per heavy atom. The van der Waals surface area contributed by atoms with Gasteiger partial charge in [-0.15, -0.1) is 0 Å². The van der Waals surface area contributed by atoms with Gasteiger partial charge < -0.3 is 10.2 Å². The molecule has 0 saturated heterocycles. The molecule has 0 aliphatic heterocycles. The highest BCUT2D eigenvalue weighted by molar-refractivity contribution is 5.94. The molecule has 0 bridgehead atoms. The molecule has 0 aliphatic rings. The fourth-order valence-corrected chi connectivity index (χ4v) is 2.19. The average molecular weight is 262 g/mol. The third kappa shape index (κ3) is 4.93. The zero-order chi connectivity index (χ0) is 14.3. The van der Waals surface area contributed by atoms with Crippen LogP contribution in [-0.2, 0) is 0 Å². The number of anilines is 1. The highest BCUT2D eigenvalue weighted by atomic mass is 16.2. The molecule has 0 spiro atoms. The molecule has 1 rings (SSSR count). The van der Waals surface area contributed by atoms with Crippen molar-refractivity contribution in [3.05, 3.63) is 29.8 Å². The van der Waals surface area contributed by atoms with Crippen LogP contribution in [0.15, 0.2) is 24.3 Å². The number of nitrogens with zero attached hydrogens (tertiary/aromatic N) is 1. The lowest BCUT2D eigenvalue weighted by Crippen LogP contribution is -2.22. The number of nitrogens with one attached hydrogen (secondary N) is 1. The van der Waals surface area contributed by atoms with Gasteiger partial charge in [0.2, 0.25) is 0 Å². The van der Waals surface area contributed by atoms with Gasteiger partial charge in [-0.1, -0.05) is 26.7 Å². The van der Waals surface area contributed by atoms with Crippen LogP contribution in [0.25, 0.3) is 0 Å². The summed E-state index contributed by atoms with van der Waals surface area (Å²) >= 11 is 0. The van der Waals surface area contributed by atoms with Crippen LogP contribution in [-0.4, -0.2) is 30.9 Å². The monoisotopic (exact) mass is 262 g/mol. The first-order chi connectivity index (χ1) is 9.08. The Labute approximate surface area is 117 Å². The molecule has 1 amide bonds. The van der Waals surface area contributed by atoms with Gasteiger partial charge in [-0.05, 0) is 37.1 Å². The molecule has 0 atom stereocenters. The van der Waals surface area contributed by atoms with Gasteiger partial charge in [0.05, 0.1) is 0 Å². The molecular formula is C16H26N2O. The molecule has 0 fully saturated rings. The summed E-state index contributed by atoms with van der Waals surface area (Å²) in [6, 6.07) is 8.30. The zero-order valence-corrected chi connectivity index (χ0v) is 12.6. The molecule has 1 aromatic carbocycles. The smallest absolute Gasteiger partial charge is 0.253 e. The Balaban J connectivity index is 2.67. The molecule has 106 valence electrons. The fourth-order valence-electron chi connectivity index (χ4n) is 2.19. The van der Waals surface area contributed by atoms with Crippen molar-refractivity contribution in [2.75, 3.05) is 19.4 Å². The molecule has 19 heavy (non-hydrogen) atoms. The highest BCUT2D eigenvalue weighted by Crippen LogP contribution is 2.16. The van der Waals surface area contributed by atoms with E-state index in [1.165, 1.54) is 25.7 Å². The maximum absolute atomic E-state index is 11.8. The van der Waals surface area contributed by atoms with Crippen LogP contribution >= 0.6 is 0 Å². The summed E-state index contributed by atoms with van der Waals surface area (Å²) in [6.45, 7) is 4.42. The Morgan fingerprint density at radius 1 is 1.11 bits per heavy atom. The molecule has 0 heterocycles. The Morgan fingerprint density at radius 2 is 1.63 bits per heavy atom. The molecule has 1 aromatic rings. The number of amides is 1. The van der Waals surface area contributed by atoms with Gasteiger partial charge in [0.1, 0.15) is 0 Å². The van der Waals surface area contributed by atoms with E-state index in [1.807, 2.05) is 24.3 Å². The van der Waals surface area contributed by atoms with Gasteiger partial charge in [-0.3, -0.25) is 4.79 Å². The summed E-state index contributed by atoms with van der Waals surface area (Å²) in [6.07, 6.45) is 4.75. The predicted molar refractivity (Wildman–Crippen MR) is 81.7 cm³/mol. The number of rotatable bonds is 7. The van der Waals surface area contributed by atoms with Crippen LogP contribution in [0.5, 0.6) is 0 Å². The first-order valence-corrected chi connectivity index (χ1v) is 7.16. The van der Waals surface area contributed by atoms with Gasteiger partial charge in [-0.25, -0.2) is 0 Å². The minimum Gasteiger partial charge on any atom is -0.382 e. The number of carbonyl (C=O) groups is 1. The van der Waals surface area contributed by atoms with Crippen LogP contribution < -0.4 is 5.32 Å². The van der Waals surface area contributed by atoms with Crippen LogP contribution in [0, 0.1) is 0 Å². The van der Waals surface area contributed by atoms with E-state index in [2.05, 4.69) is 19.2 Å². The molecule has 0 saturated carbocycles. The molecule has 0 aliphatic carbocycles. The number of hydrogen-bond donors (Lipinski definition) is 1. The van der Waals surface area contributed by atoms with E-state index in [0.717, 1.165) is 11.3 Å². The second-order valence-corrected chi connectivity index (χ2v) is 5.20. The van der Waals surface area contributed by atoms with Gasteiger partial charge in [0.25, 0.3) is 5.91 Å². The predicted octanol–water partition coefficient (Wildman–Crippen LogP) is 3.77. The van der Waals surface area contributed by atoms with Crippen LogP contribution in [0.2, 0.25) is 0 Å². The van der Waals surface area contributed by atoms with E-state index in [9.17, 15) is 4.79 Å². The van der Waals surface area contributed by atoms with Gasteiger partial charge in [0, 0.05) is 31.4 Å². The Kier molecular flexibility index (Phi) is 6.40. The van der Waals surface area contributed by atoms with Crippen LogP contribution in [0.3, 0.4) is 0 Å². The maximum atomic E-state index is 11.8. The number of carbonyl (C=O) groups excluding carboxylic acids is 1. The summed E-state index contributed by atoms with van der Waals surface area (Å²) in [5.74, 6) is 0.0465. The van der Waals surface area contributed by atoms with Crippen molar-refractivity contribution >= 4 is 11.6 Å². The summed E-state index contributed by atoms with van der Waals surface area (Å²) in [7, 11) is 3.54. The molecule has 3 heteroatoms. The lowest BCUT2D eigenvalue weighted by molar-refractivity contribution is 0.0827. The molecule has 0 radical (unpaired) electrons. The molecule has 0 aromatic heterocycles. The van der Waals surface area contributed by atoms with Crippen LogP contribution in [0.1, 0.15) is 49.9 Å². The van der Waals surface area contributed by atoms with E-state index < -0.39 is 0 Å². The summed E-state index contributed by atoms with van der Waals surface area (Å²) in [5, 5.41) is 3.55. The van der Waals surface area contributed by atoms with E-state index in [4.69, 9.17) is 0 Å². The van der Waals surface area contributed by atoms with E-state index >= 15 is 0 Å². The third-order valence-corrected chi connectivity index (χ3v) is 3.18. The molecular weight excluding hydrogens is 236 g/mol. The Bertz CT molecular complexity index is 378. The van der Waals surface area contributed by atoms with Crippen LogP contribution in [0.4, 0.5) is 5.69 Å². The van der Waals surface area contributed by atoms with Crippen molar-refractivity contribution in [3.63, 3.8) is 0 Å². The minimum atomic E-state index is 0.0465. The van der Waals surface area contributed by atoms with Crippen molar-refractivity contribution < 1.29 is 4.79 Å². The van der Waals surface area contributed by atoms with E-state index in [1.54, 1.807) is 19.0 Å². The summed E-state index contributed by atoms with van der Waals surface area (Å²) < 4.78 is 0. The van der Waals surface area contributed by atoms with Gasteiger partial charge in [-0.2, -0.15) is 0 Å². The second kappa shape index (κ2) is 7.82. The quantitative estimate of drug-likeness (QED) is 0.811. The van der Waals surface area contributed by atoms with Crippen molar-refractivity contribution in [3.8, 4) is 0 Å². The standard InChI is InChI=1S/C16H26N2O/c1-5-7-14(8-6-2)17-15-11-9-13(10-12-15)16(19)18(3)4/h9-12,14,17H,5-8H2,1-4H3. The molecule has 0 unspecified atom stereocenters. The molecule has 1 N–H and O–H groups in total.